The summed E-state index contributed by atoms with van der Waals surface area (Å²) in [5.41, 5.74) is 4.92. The minimum Gasteiger partial charge on any atom is -0.497 e. The van der Waals surface area contributed by atoms with Gasteiger partial charge in [-0.25, -0.2) is 4.99 Å². The van der Waals surface area contributed by atoms with E-state index in [0.29, 0.717) is 37.8 Å². The van der Waals surface area contributed by atoms with Gasteiger partial charge >= 0.3 is 0 Å². The van der Waals surface area contributed by atoms with Gasteiger partial charge in [0.1, 0.15) is 18.1 Å². The number of carbonyl (C=O) groups is 1. The van der Waals surface area contributed by atoms with Crippen molar-refractivity contribution in [3.63, 3.8) is 0 Å². The highest BCUT2D eigenvalue weighted by molar-refractivity contribution is 14.1. The van der Waals surface area contributed by atoms with Crippen molar-refractivity contribution in [2.75, 3.05) is 19.0 Å². The molecule has 1 N–H and O–H groups in total. The average molecular weight is 815 g/mol. The van der Waals surface area contributed by atoms with Crippen molar-refractivity contribution in [2.45, 2.75) is 26.8 Å². The maximum absolute atomic E-state index is 14.2. The van der Waals surface area contributed by atoms with E-state index in [4.69, 9.17) is 20.9 Å². The van der Waals surface area contributed by atoms with Crippen molar-refractivity contribution < 1.29 is 14.3 Å². The van der Waals surface area contributed by atoms with Gasteiger partial charge in [0, 0.05) is 14.8 Å². The third-order valence-electron chi connectivity index (χ3n) is 6.95. The van der Waals surface area contributed by atoms with Gasteiger partial charge in [0.2, 0.25) is 0 Å². The number of aromatic nitrogens is 1. The molecule has 0 radical (unpaired) electrons. The van der Waals surface area contributed by atoms with Gasteiger partial charge in [0.15, 0.2) is 4.80 Å². The second-order valence-corrected chi connectivity index (χ2v) is 13.3. The Morgan fingerprint density at radius 2 is 1.88 bits per heavy atom. The second kappa shape index (κ2) is 13.1. The Hall–Kier alpha value is -3.41. The molecule has 10 heteroatoms. The number of benzene rings is 3. The van der Waals surface area contributed by atoms with Crippen LogP contribution in [-0.4, -0.2) is 24.2 Å². The van der Waals surface area contributed by atoms with Gasteiger partial charge in [-0.1, -0.05) is 47.1 Å². The van der Waals surface area contributed by atoms with Crippen LogP contribution in [0, 0.1) is 33.3 Å². The number of anilines is 1. The van der Waals surface area contributed by atoms with Crippen LogP contribution in [0.3, 0.4) is 0 Å². The van der Waals surface area contributed by atoms with Crippen LogP contribution in [-0.2, 0) is 4.79 Å². The summed E-state index contributed by atoms with van der Waals surface area (Å²) < 4.78 is 15.2. The summed E-state index contributed by atoms with van der Waals surface area (Å²) in [6, 6.07) is 16.5. The number of terminal acetylenes is 1. The molecule has 0 saturated carbocycles. The molecule has 0 aliphatic carbocycles. The van der Waals surface area contributed by atoms with E-state index in [1.807, 2.05) is 68.4 Å². The summed E-state index contributed by atoms with van der Waals surface area (Å²) >= 11 is 5.71. The van der Waals surface area contributed by atoms with E-state index >= 15 is 0 Å². The smallest absolute Gasteiger partial charge is 0.271 e. The molecule has 1 aliphatic rings. The molecular formula is C33H27I2N3O4S. The number of amides is 1. The van der Waals surface area contributed by atoms with Gasteiger partial charge in [-0.05, 0) is 113 Å². The first-order chi connectivity index (χ1) is 20.6. The molecule has 0 saturated heterocycles. The molecule has 0 spiro atoms. The van der Waals surface area contributed by atoms with Crippen molar-refractivity contribution in [1.82, 2.24) is 4.57 Å². The Morgan fingerprint density at radius 3 is 2.56 bits per heavy atom. The lowest BCUT2D eigenvalue weighted by Gasteiger charge is -2.25. The fourth-order valence-electron chi connectivity index (χ4n) is 4.95. The lowest BCUT2D eigenvalue weighted by molar-refractivity contribution is -0.113. The summed E-state index contributed by atoms with van der Waals surface area (Å²) in [4.78, 5) is 33.4. The van der Waals surface area contributed by atoms with Crippen molar-refractivity contribution in [2.24, 2.45) is 4.99 Å². The molecule has 218 valence electrons. The van der Waals surface area contributed by atoms with Crippen molar-refractivity contribution >= 4 is 74.2 Å². The average Bonchev–Trinajstić information content (AvgIpc) is 3.27. The molecule has 1 amide bonds. The second-order valence-electron chi connectivity index (χ2n) is 9.93. The fourth-order valence-corrected chi connectivity index (χ4v) is 8.03. The standard InChI is InChI=1S/C33H27I2N3O4S/c1-6-13-42-30-22(15-23(34)17-25(30)35)16-27-32(40)38-29(21-8-10-24(41-5)11-9-21)28(20(4)36-33(38)43-27)31(39)37-26-12-7-18(2)14-19(26)3/h1,7-12,14-17,29H,13H2,2-5H3,(H,37,39)/b27-16-/t29-/m0/s1. The lowest BCUT2D eigenvalue weighted by Crippen LogP contribution is -2.40. The number of nitrogens with zero attached hydrogens (tertiary/aromatic N) is 2. The Labute approximate surface area is 280 Å². The molecule has 2 heterocycles. The van der Waals surface area contributed by atoms with E-state index in [9.17, 15) is 9.59 Å². The number of thiazole rings is 1. The summed E-state index contributed by atoms with van der Waals surface area (Å²) in [5, 5.41) is 3.06. The van der Waals surface area contributed by atoms with Gasteiger partial charge in [-0.2, -0.15) is 0 Å². The molecule has 1 aromatic heterocycles. The van der Waals surface area contributed by atoms with Gasteiger partial charge < -0.3 is 14.8 Å². The third kappa shape index (κ3) is 6.44. The van der Waals surface area contributed by atoms with Crippen LogP contribution < -0.4 is 29.7 Å². The summed E-state index contributed by atoms with van der Waals surface area (Å²) in [6.07, 6.45) is 7.26. The minimum absolute atomic E-state index is 0.105. The molecule has 3 aromatic carbocycles. The number of hydrogen-bond acceptors (Lipinski definition) is 6. The summed E-state index contributed by atoms with van der Waals surface area (Å²) in [5.74, 6) is 3.47. The molecule has 4 aromatic rings. The zero-order valence-electron chi connectivity index (χ0n) is 23.8. The number of methoxy groups -OCH3 is 1. The molecule has 1 atom stereocenters. The molecule has 7 nitrogen and oxygen atoms in total. The molecule has 5 rings (SSSR count). The van der Waals surface area contributed by atoms with E-state index < -0.39 is 6.04 Å². The van der Waals surface area contributed by atoms with E-state index in [-0.39, 0.29) is 18.1 Å². The van der Waals surface area contributed by atoms with E-state index in [1.54, 1.807) is 24.7 Å². The SMILES string of the molecule is C#CCOc1c(I)cc(I)cc1/C=c1\sc2n(c1=O)[C@@H](c1ccc(OC)cc1)C(C(=O)Nc1ccc(C)cc1C)=C(C)N=2. The molecular weight excluding hydrogens is 788 g/mol. The Kier molecular flexibility index (Phi) is 9.43. The van der Waals surface area contributed by atoms with E-state index in [2.05, 4.69) is 56.4 Å². The highest BCUT2D eigenvalue weighted by Crippen LogP contribution is 2.33. The fraction of sp³-hybridized carbons (Fsp3) is 0.182. The van der Waals surface area contributed by atoms with Crippen LogP contribution in [0.25, 0.3) is 6.08 Å². The van der Waals surface area contributed by atoms with Gasteiger partial charge in [0.05, 0.1) is 32.5 Å². The predicted molar refractivity (Wildman–Crippen MR) is 188 cm³/mol. The number of carbonyl (C=O) groups excluding carboxylic acids is 1. The van der Waals surface area contributed by atoms with Gasteiger partial charge in [0.25, 0.3) is 11.5 Å². The number of ether oxygens (including phenoxy) is 2. The van der Waals surface area contributed by atoms with Crippen molar-refractivity contribution in [3.05, 3.63) is 115 Å². The molecule has 0 bridgehead atoms. The topological polar surface area (TPSA) is 81.9 Å². The summed E-state index contributed by atoms with van der Waals surface area (Å²) in [7, 11) is 1.60. The maximum Gasteiger partial charge on any atom is 0.271 e. The van der Waals surface area contributed by atoms with Crippen LogP contribution in [0.15, 0.2) is 75.7 Å². The molecule has 0 fully saturated rings. The first-order valence-corrected chi connectivity index (χ1v) is 16.2. The van der Waals surface area contributed by atoms with E-state index in [1.165, 1.54) is 11.3 Å². The Balaban J connectivity index is 1.68. The first-order valence-electron chi connectivity index (χ1n) is 13.2. The van der Waals surface area contributed by atoms with Gasteiger partial charge in [-0.15, -0.1) is 6.42 Å². The van der Waals surface area contributed by atoms with Crippen LogP contribution in [0.4, 0.5) is 5.69 Å². The monoisotopic (exact) mass is 815 g/mol. The van der Waals surface area contributed by atoms with Crippen LogP contribution >= 0.6 is 56.5 Å². The lowest BCUT2D eigenvalue weighted by atomic mass is 9.95. The highest BCUT2D eigenvalue weighted by atomic mass is 127. The number of aryl methyl sites for hydroxylation is 2. The van der Waals surface area contributed by atoms with E-state index in [0.717, 1.165) is 29.4 Å². The number of allylic oxidation sites excluding steroid dienone is 1. The summed E-state index contributed by atoms with van der Waals surface area (Å²) in [6.45, 7) is 5.87. The zero-order valence-corrected chi connectivity index (χ0v) is 29.0. The van der Waals surface area contributed by atoms with Gasteiger partial charge in [-0.3, -0.25) is 14.2 Å². The third-order valence-corrected chi connectivity index (χ3v) is 9.36. The van der Waals surface area contributed by atoms with Crippen molar-refractivity contribution in [3.8, 4) is 23.8 Å². The number of fused-ring (bicyclic) bond motifs is 1. The van der Waals surface area contributed by atoms with Crippen molar-refractivity contribution in [1.29, 1.82) is 0 Å². The number of rotatable bonds is 7. The van der Waals surface area contributed by atoms with Crippen LogP contribution in [0.5, 0.6) is 11.5 Å². The number of halogens is 2. The largest absolute Gasteiger partial charge is 0.497 e. The molecule has 1 aliphatic heterocycles. The van der Waals surface area contributed by atoms with Crippen LogP contribution in [0.2, 0.25) is 0 Å². The number of hydrogen-bond donors (Lipinski definition) is 1. The maximum atomic E-state index is 14.2. The minimum atomic E-state index is -0.705. The Bertz CT molecular complexity index is 2000. The highest BCUT2D eigenvalue weighted by Gasteiger charge is 2.32. The molecule has 0 unspecified atom stereocenters. The van der Waals surface area contributed by atoms with Crippen LogP contribution in [0.1, 0.15) is 35.2 Å². The zero-order chi connectivity index (χ0) is 30.8. The normalized spacial score (nSPS) is 14.5. The molecule has 43 heavy (non-hydrogen) atoms. The Morgan fingerprint density at radius 1 is 1.14 bits per heavy atom. The first kappa shape index (κ1) is 31.0. The predicted octanol–water partition coefficient (Wildman–Crippen LogP) is 5.72. The quantitative estimate of drug-likeness (QED) is 0.191. The number of nitrogens with one attached hydrogen (secondary N) is 1.